The molecule has 0 aromatic rings. The topological polar surface area (TPSA) is 84.9 Å². The lowest BCUT2D eigenvalue weighted by molar-refractivity contribution is -0.123. The highest BCUT2D eigenvalue weighted by molar-refractivity contribution is 14.1. The minimum absolute atomic E-state index is 0.0162. The maximum Gasteiger partial charge on any atom is 0.235 e. The van der Waals surface area contributed by atoms with Gasteiger partial charge in [-0.3, -0.25) is 4.79 Å². The van der Waals surface area contributed by atoms with Crippen molar-refractivity contribution in [3.05, 3.63) is 0 Å². The third kappa shape index (κ3) is 6.79. The smallest absolute Gasteiger partial charge is 0.235 e. The van der Waals surface area contributed by atoms with E-state index in [4.69, 9.17) is 9.47 Å². The molecule has 0 aromatic carbocycles. The zero-order valence-electron chi connectivity index (χ0n) is 19.8. The zero-order chi connectivity index (χ0) is 23.3. The fraction of sp³-hybridized carbons (Fsp3) is 0.957. The molecule has 3 aliphatic carbocycles. The van der Waals surface area contributed by atoms with Crippen molar-refractivity contribution in [2.24, 2.45) is 5.92 Å². The monoisotopic (exact) mass is 584 g/mol. The molecule has 0 bridgehead atoms. The van der Waals surface area contributed by atoms with Gasteiger partial charge in [-0.05, 0) is 76.5 Å². The molecule has 0 saturated heterocycles. The van der Waals surface area contributed by atoms with Gasteiger partial charge in [-0.15, -0.1) is 0 Å². The summed E-state index contributed by atoms with van der Waals surface area (Å²) in [6, 6.07) is -0.233. The summed E-state index contributed by atoms with van der Waals surface area (Å²) in [6.07, 6.45) is 9.17. The van der Waals surface area contributed by atoms with Crippen LogP contribution in [0.2, 0.25) is 0 Å². The molecule has 0 radical (unpaired) electrons. The van der Waals surface area contributed by atoms with Gasteiger partial charge in [0, 0.05) is 24.2 Å². The predicted octanol–water partition coefficient (Wildman–Crippen LogP) is 3.64. The number of carbonyl (C=O) groups excluding carboxylic acids is 1. The number of hydrogen-bond donors (Lipinski definition) is 1. The standard InChI is InChI=1S/C23H41IN2O5S/c1-16-4-11-20(12-5-16)32(28,29)26(21-14-19(30-2)10-13-22(21)31-3)15-23(27)25-18-8-6-17(24)7-9-18/h16-22H,4-15H2,1-3H3,(H,25,27). The van der Waals surface area contributed by atoms with Crippen LogP contribution in [0.4, 0.5) is 0 Å². The second kappa shape index (κ2) is 12.1. The van der Waals surface area contributed by atoms with Gasteiger partial charge >= 0.3 is 0 Å². The third-order valence-electron chi connectivity index (χ3n) is 7.74. The van der Waals surface area contributed by atoms with Gasteiger partial charge in [0.05, 0.1) is 30.0 Å². The van der Waals surface area contributed by atoms with Crippen LogP contribution in [0.1, 0.15) is 77.6 Å². The summed E-state index contributed by atoms with van der Waals surface area (Å²) >= 11 is 2.47. The molecule has 3 aliphatic rings. The summed E-state index contributed by atoms with van der Waals surface area (Å²) in [5.74, 6) is 0.370. The van der Waals surface area contributed by atoms with Crippen molar-refractivity contribution in [2.45, 2.75) is 111 Å². The summed E-state index contributed by atoms with van der Waals surface area (Å²) in [5, 5.41) is 2.71. The summed E-state index contributed by atoms with van der Waals surface area (Å²) in [7, 11) is -0.318. The van der Waals surface area contributed by atoms with Crippen LogP contribution in [0.15, 0.2) is 0 Å². The van der Waals surface area contributed by atoms with Crippen LogP contribution < -0.4 is 5.32 Å². The predicted molar refractivity (Wildman–Crippen MR) is 134 cm³/mol. The average Bonchev–Trinajstić information content (AvgIpc) is 2.78. The molecule has 3 fully saturated rings. The van der Waals surface area contributed by atoms with Crippen molar-refractivity contribution >= 4 is 38.5 Å². The van der Waals surface area contributed by atoms with E-state index in [0.29, 0.717) is 29.1 Å². The summed E-state index contributed by atoms with van der Waals surface area (Å²) in [6.45, 7) is 2.06. The molecule has 3 unspecified atom stereocenters. The highest BCUT2D eigenvalue weighted by atomic mass is 127. The highest BCUT2D eigenvalue weighted by Gasteiger charge is 2.44. The Balaban J connectivity index is 1.79. The van der Waals surface area contributed by atoms with Crippen LogP contribution in [0.25, 0.3) is 0 Å². The lowest BCUT2D eigenvalue weighted by Crippen LogP contribution is -2.57. The van der Waals surface area contributed by atoms with Gasteiger partial charge in [0.15, 0.2) is 0 Å². The molecule has 7 nitrogen and oxygen atoms in total. The van der Waals surface area contributed by atoms with E-state index in [1.165, 1.54) is 4.31 Å². The number of sulfonamides is 1. The third-order valence-corrected chi connectivity index (χ3v) is 11.4. The van der Waals surface area contributed by atoms with Crippen LogP contribution in [-0.2, 0) is 24.3 Å². The van der Waals surface area contributed by atoms with Gasteiger partial charge in [-0.2, -0.15) is 4.31 Å². The fourth-order valence-corrected chi connectivity index (χ4v) is 8.47. The Morgan fingerprint density at radius 3 is 2.22 bits per heavy atom. The molecule has 0 aromatic heterocycles. The number of amides is 1. The molecule has 0 spiro atoms. The van der Waals surface area contributed by atoms with Crippen molar-refractivity contribution in [1.29, 1.82) is 0 Å². The van der Waals surface area contributed by atoms with E-state index in [1.807, 2.05) is 0 Å². The van der Waals surface area contributed by atoms with E-state index < -0.39 is 15.3 Å². The molecule has 1 amide bonds. The van der Waals surface area contributed by atoms with Gasteiger partial charge in [-0.1, -0.05) is 29.5 Å². The molecule has 3 saturated carbocycles. The largest absolute Gasteiger partial charge is 0.381 e. The lowest BCUT2D eigenvalue weighted by atomic mass is 9.90. The van der Waals surface area contributed by atoms with E-state index >= 15 is 0 Å². The number of hydrogen-bond acceptors (Lipinski definition) is 5. The molecule has 9 heteroatoms. The second-order valence-electron chi connectivity index (χ2n) is 10.0. The zero-order valence-corrected chi connectivity index (χ0v) is 22.8. The minimum atomic E-state index is -3.63. The number of methoxy groups -OCH3 is 2. The van der Waals surface area contributed by atoms with Gasteiger partial charge in [0.25, 0.3) is 0 Å². The molecule has 0 heterocycles. The van der Waals surface area contributed by atoms with E-state index in [2.05, 4.69) is 34.8 Å². The minimum Gasteiger partial charge on any atom is -0.381 e. The first-order valence-corrected chi connectivity index (χ1v) is 15.0. The molecule has 186 valence electrons. The first kappa shape index (κ1) is 26.6. The van der Waals surface area contributed by atoms with Crippen LogP contribution in [0, 0.1) is 5.92 Å². The Labute approximate surface area is 207 Å². The SMILES string of the molecule is COC1CCC(OC)C(N(CC(=O)NC2CCC(I)CC2)S(=O)(=O)C2CCC(C)CC2)C1. The molecular formula is C23H41IN2O5S. The molecule has 0 aliphatic heterocycles. The highest BCUT2D eigenvalue weighted by Crippen LogP contribution is 2.34. The lowest BCUT2D eigenvalue weighted by Gasteiger charge is -2.42. The number of alkyl halides is 1. The summed E-state index contributed by atoms with van der Waals surface area (Å²) < 4.78 is 41.2. The van der Waals surface area contributed by atoms with Gasteiger partial charge in [-0.25, -0.2) is 8.42 Å². The number of nitrogens with one attached hydrogen (secondary N) is 1. The van der Waals surface area contributed by atoms with E-state index in [9.17, 15) is 13.2 Å². The quantitative estimate of drug-likeness (QED) is 0.348. The van der Waals surface area contributed by atoms with Crippen molar-refractivity contribution in [3.8, 4) is 0 Å². The molecular weight excluding hydrogens is 543 g/mol. The number of nitrogens with zero attached hydrogens (tertiary/aromatic N) is 1. The first-order chi connectivity index (χ1) is 15.2. The number of ether oxygens (including phenoxy) is 2. The number of carbonyl (C=O) groups is 1. The van der Waals surface area contributed by atoms with Crippen LogP contribution >= 0.6 is 22.6 Å². The fourth-order valence-electron chi connectivity index (χ4n) is 5.60. The van der Waals surface area contributed by atoms with Crippen molar-refractivity contribution < 1.29 is 22.7 Å². The number of halogens is 1. The second-order valence-corrected chi connectivity index (χ2v) is 13.9. The Morgan fingerprint density at radius 2 is 1.62 bits per heavy atom. The normalized spacial score (nSPS) is 36.7. The van der Waals surface area contributed by atoms with E-state index in [0.717, 1.165) is 51.4 Å². The molecule has 3 atom stereocenters. The first-order valence-electron chi connectivity index (χ1n) is 12.2. The maximum atomic E-state index is 13.9. The van der Waals surface area contributed by atoms with Crippen LogP contribution in [0.5, 0.6) is 0 Å². The summed E-state index contributed by atoms with van der Waals surface area (Å²) in [5.41, 5.74) is 0. The van der Waals surface area contributed by atoms with Crippen molar-refractivity contribution in [2.75, 3.05) is 20.8 Å². The van der Waals surface area contributed by atoms with E-state index in [-0.39, 0.29) is 36.7 Å². The molecule has 1 N–H and O–H groups in total. The number of rotatable bonds is 8. The van der Waals surface area contributed by atoms with Gasteiger partial charge < -0.3 is 14.8 Å². The molecule has 32 heavy (non-hydrogen) atoms. The Hall–Kier alpha value is 0.0300. The van der Waals surface area contributed by atoms with Crippen molar-refractivity contribution in [1.82, 2.24) is 9.62 Å². The maximum absolute atomic E-state index is 13.9. The molecule has 3 rings (SSSR count). The van der Waals surface area contributed by atoms with Crippen molar-refractivity contribution in [3.63, 3.8) is 0 Å². The average molecular weight is 585 g/mol. The summed E-state index contributed by atoms with van der Waals surface area (Å²) in [4.78, 5) is 13.1. The Bertz CT molecular complexity index is 705. The van der Waals surface area contributed by atoms with Crippen LogP contribution in [-0.4, -0.2) is 72.9 Å². The van der Waals surface area contributed by atoms with Gasteiger partial charge in [0.2, 0.25) is 15.9 Å². The van der Waals surface area contributed by atoms with Gasteiger partial charge in [0.1, 0.15) is 0 Å². The van der Waals surface area contributed by atoms with Crippen LogP contribution in [0.3, 0.4) is 0 Å². The Kier molecular flexibility index (Phi) is 10.1. The van der Waals surface area contributed by atoms with E-state index in [1.54, 1.807) is 14.2 Å². The Morgan fingerprint density at radius 1 is 0.969 bits per heavy atom.